The number of hydrogen-bond donors (Lipinski definition) is 1. The molecule has 0 unspecified atom stereocenters. The number of rotatable bonds is 4. The van der Waals surface area contributed by atoms with Crippen LogP contribution in [0.15, 0.2) is 29.2 Å². The van der Waals surface area contributed by atoms with Gasteiger partial charge in [-0.25, -0.2) is 4.79 Å². The SMILES string of the molecule is CSc1ccc(CN(C)C(=O)NC2CCCC2)cc1. The van der Waals surface area contributed by atoms with Gasteiger partial charge in [0.2, 0.25) is 0 Å². The van der Waals surface area contributed by atoms with E-state index in [0.717, 1.165) is 12.8 Å². The van der Waals surface area contributed by atoms with Gasteiger partial charge in [-0.1, -0.05) is 25.0 Å². The Labute approximate surface area is 119 Å². The van der Waals surface area contributed by atoms with Crippen molar-refractivity contribution < 1.29 is 4.79 Å². The Kier molecular flexibility index (Phi) is 5.14. The first-order valence-corrected chi connectivity index (χ1v) is 8.06. The molecule has 104 valence electrons. The van der Waals surface area contributed by atoms with E-state index in [2.05, 4.69) is 35.8 Å². The summed E-state index contributed by atoms with van der Waals surface area (Å²) in [5, 5.41) is 3.10. The number of nitrogens with one attached hydrogen (secondary N) is 1. The monoisotopic (exact) mass is 278 g/mol. The fourth-order valence-corrected chi connectivity index (χ4v) is 2.84. The largest absolute Gasteiger partial charge is 0.335 e. The summed E-state index contributed by atoms with van der Waals surface area (Å²) >= 11 is 1.73. The number of amides is 2. The lowest BCUT2D eigenvalue weighted by Gasteiger charge is -2.21. The minimum absolute atomic E-state index is 0.0424. The van der Waals surface area contributed by atoms with Gasteiger partial charge in [0.05, 0.1) is 0 Å². The predicted octanol–water partition coefficient (Wildman–Crippen LogP) is 3.49. The molecule has 0 heterocycles. The Balaban J connectivity index is 1.84. The van der Waals surface area contributed by atoms with Crippen LogP contribution < -0.4 is 5.32 Å². The van der Waals surface area contributed by atoms with Crippen molar-refractivity contribution in [1.82, 2.24) is 10.2 Å². The van der Waals surface area contributed by atoms with Crippen molar-refractivity contribution in [3.05, 3.63) is 29.8 Å². The first-order valence-electron chi connectivity index (χ1n) is 6.83. The van der Waals surface area contributed by atoms with Gasteiger partial charge in [-0.15, -0.1) is 11.8 Å². The molecule has 0 aromatic heterocycles. The Morgan fingerprint density at radius 3 is 2.53 bits per heavy atom. The number of carbonyl (C=O) groups is 1. The van der Waals surface area contributed by atoms with Crippen LogP contribution in [0.2, 0.25) is 0 Å². The van der Waals surface area contributed by atoms with Crippen LogP contribution in [0, 0.1) is 0 Å². The van der Waals surface area contributed by atoms with Crippen molar-refractivity contribution in [2.24, 2.45) is 0 Å². The van der Waals surface area contributed by atoms with Crippen molar-refractivity contribution >= 4 is 17.8 Å². The molecule has 1 saturated carbocycles. The summed E-state index contributed by atoms with van der Waals surface area (Å²) in [7, 11) is 1.85. The molecular formula is C15H22N2OS. The maximum absolute atomic E-state index is 12.0. The van der Waals surface area contributed by atoms with Gasteiger partial charge in [-0.05, 0) is 36.8 Å². The van der Waals surface area contributed by atoms with Gasteiger partial charge in [0.25, 0.3) is 0 Å². The molecule has 0 bridgehead atoms. The molecule has 0 radical (unpaired) electrons. The summed E-state index contributed by atoms with van der Waals surface area (Å²) in [4.78, 5) is 15.0. The number of urea groups is 1. The molecule has 19 heavy (non-hydrogen) atoms. The predicted molar refractivity (Wildman–Crippen MR) is 80.5 cm³/mol. The van der Waals surface area contributed by atoms with E-state index in [-0.39, 0.29) is 6.03 Å². The van der Waals surface area contributed by atoms with Gasteiger partial charge in [-0.3, -0.25) is 0 Å². The lowest BCUT2D eigenvalue weighted by atomic mass is 10.2. The van der Waals surface area contributed by atoms with Gasteiger partial charge in [0.1, 0.15) is 0 Å². The van der Waals surface area contributed by atoms with Crippen molar-refractivity contribution in [2.45, 2.75) is 43.2 Å². The molecule has 1 aromatic rings. The molecule has 3 nitrogen and oxygen atoms in total. The van der Waals surface area contributed by atoms with Gasteiger partial charge in [-0.2, -0.15) is 0 Å². The fraction of sp³-hybridized carbons (Fsp3) is 0.533. The zero-order chi connectivity index (χ0) is 13.7. The minimum atomic E-state index is 0.0424. The summed E-state index contributed by atoms with van der Waals surface area (Å²) in [6, 6.07) is 8.80. The van der Waals surface area contributed by atoms with E-state index < -0.39 is 0 Å². The third-order valence-corrected chi connectivity index (χ3v) is 4.35. The number of thioether (sulfide) groups is 1. The second kappa shape index (κ2) is 6.85. The van der Waals surface area contributed by atoms with E-state index in [0.29, 0.717) is 12.6 Å². The molecule has 2 rings (SSSR count). The van der Waals surface area contributed by atoms with E-state index in [1.165, 1.54) is 23.3 Å². The van der Waals surface area contributed by atoms with Gasteiger partial charge in [0.15, 0.2) is 0 Å². The van der Waals surface area contributed by atoms with Gasteiger partial charge >= 0.3 is 6.03 Å². The van der Waals surface area contributed by atoms with E-state index in [4.69, 9.17) is 0 Å². The Morgan fingerprint density at radius 1 is 1.32 bits per heavy atom. The average molecular weight is 278 g/mol. The van der Waals surface area contributed by atoms with E-state index in [1.54, 1.807) is 16.7 Å². The van der Waals surface area contributed by atoms with Crippen LogP contribution in [0.5, 0.6) is 0 Å². The molecule has 1 aliphatic rings. The lowest BCUT2D eigenvalue weighted by molar-refractivity contribution is 0.202. The third kappa shape index (κ3) is 4.16. The second-order valence-corrected chi connectivity index (χ2v) is 6.01. The Bertz CT molecular complexity index is 413. The highest BCUT2D eigenvalue weighted by atomic mass is 32.2. The minimum Gasteiger partial charge on any atom is -0.335 e. The zero-order valence-corrected chi connectivity index (χ0v) is 12.5. The smallest absolute Gasteiger partial charge is 0.317 e. The van der Waals surface area contributed by atoms with E-state index in [1.807, 2.05) is 7.05 Å². The van der Waals surface area contributed by atoms with Crippen molar-refractivity contribution in [2.75, 3.05) is 13.3 Å². The van der Waals surface area contributed by atoms with Crippen LogP contribution in [-0.2, 0) is 6.54 Å². The number of carbonyl (C=O) groups excluding carboxylic acids is 1. The molecule has 1 fully saturated rings. The molecular weight excluding hydrogens is 256 g/mol. The maximum Gasteiger partial charge on any atom is 0.317 e. The number of hydrogen-bond acceptors (Lipinski definition) is 2. The molecule has 1 aromatic carbocycles. The van der Waals surface area contributed by atoms with E-state index >= 15 is 0 Å². The van der Waals surface area contributed by atoms with Crippen LogP contribution >= 0.6 is 11.8 Å². The van der Waals surface area contributed by atoms with Crippen molar-refractivity contribution in [3.8, 4) is 0 Å². The number of nitrogens with zero attached hydrogens (tertiary/aromatic N) is 1. The normalized spacial score (nSPS) is 15.5. The fourth-order valence-electron chi connectivity index (χ4n) is 2.43. The summed E-state index contributed by atoms with van der Waals surface area (Å²) < 4.78 is 0. The molecule has 2 amide bonds. The Hall–Kier alpha value is -1.16. The zero-order valence-electron chi connectivity index (χ0n) is 11.7. The molecule has 0 atom stereocenters. The first-order chi connectivity index (χ1) is 9.19. The summed E-state index contributed by atoms with van der Waals surface area (Å²) in [6.07, 6.45) is 6.80. The van der Waals surface area contributed by atoms with Gasteiger partial charge < -0.3 is 10.2 Å². The molecule has 0 aliphatic heterocycles. The van der Waals surface area contributed by atoms with Crippen LogP contribution in [0.1, 0.15) is 31.2 Å². The molecule has 0 spiro atoms. The van der Waals surface area contributed by atoms with Crippen LogP contribution in [0.4, 0.5) is 4.79 Å². The van der Waals surface area contributed by atoms with Gasteiger partial charge in [0, 0.05) is 24.5 Å². The van der Waals surface area contributed by atoms with Crippen molar-refractivity contribution in [1.29, 1.82) is 0 Å². The van der Waals surface area contributed by atoms with Crippen LogP contribution in [0.25, 0.3) is 0 Å². The number of benzene rings is 1. The molecule has 0 saturated heterocycles. The van der Waals surface area contributed by atoms with E-state index in [9.17, 15) is 4.79 Å². The first kappa shape index (κ1) is 14.3. The molecule has 1 aliphatic carbocycles. The summed E-state index contributed by atoms with van der Waals surface area (Å²) in [5.74, 6) is 0. The lowest BCUT2D eigenvalue weighted by Crippen LogP contribution is -2.41. The van der Waals surface area contributed by atoms with Crippen LogP contribution in [0.3, 0.4) is 0 Å². The molecule has 4 heteroatoms. The Morgan fingerprint density at radius 2 is 1.95 bits per heavy atom. The average Bonchev–Trinajstić information content (AvgIpc) is 2.92. The summed E-state index contributed by atoms with van der Waals surface area (Å²) in [5.41, 5.74) is 1.17. The maximum atomic E-state index is 12.0. The highest BCUT2D eigenvalue weighted by Crippen LogP contribution is 2.18. The van der Waals surface area contributed by atoms with Crippen LogP contribution in [-0.4, -0.2) is 30.3 Å². The highest BCUT2D eigenvalue weighted by Gasteiger charge is 2.18. The highest BCUT2D eigenvalue weighted by molar-refractivity contribution is 7.98. The third-order valence-electron chi connectivity index (χ3n) is 3.61. The second-order valence-electron chi connectivity index (χ2n) is 5.14. The summed E-state index contributed by atoms with van der Waals surface area (Å²) in [6.45, 7) is 0.660. The van der Waals surface area contributed by atoms with Crippen molar-refractivity contribution in [3.63, 3.8) is 0 Å². The molecule has 1 N–H and O–H groups in total. The quantitative estimate of drug-likeness (QED) is 0.855. The standard InChI is InChI=1S/C15H22N2OS/c1-17(15(18)16-13-5-3-4-6-13)11-12-7-9-14(19-2)10-8-12/h7-10,13H,3-6,11H2,1-2H3,(H,16,18). The topological polar surface area (TPSA) is 32.3 Å².